The Bertz CT molecular complexity index is 351. The first kappa shape index (κ1) is 16.4. The lowest BCUT2D eigenvalue weighted by Gasteiger charge is -2.11. The smallest absolute Gasteiger partial charge is 0.0206 e. The van der Waals surface area contributed by atoms with Crippen LogP contribution in [0.15, 0.2) is 24.3 Å². The van der Waals surface area contributed by atoms with E-state index in [-0.39, 0.29) is 0 Å². The van der Waals surface area contributed by atoms with Crippen LogP contribution in [-0.4, -0.2) is 52.4 Å². The standard InChI is InChI=1S/C16H29N5/c1-2-15-12-16(3-1)14-21-11-9-19-7-5-17-4-6-18-8-10-20-13-15/h1-3,12,17-21H,4-11,13-14H2. The van der Waals surface area contributed by atoms with E-state index in [0.717, 1.165) is 65.4 Å². The molecule has 5 nitrogen and oxygen atoms in total. The zero-order chi connectivity index (χ0) is 14.6. The molecule has 0 atom stereocenters. The van der Waals surface area contributed by atoms with E-state index in [0.29, 0.717) is 0 Å². The van der Waals surface area contributed by atoms with Crippen molar-refractivity contribution >= 4 is 0 Å². The first-order valence-corrected chi connectivity index (χ1v) is 8.06. The van der Waals surface area contributed by atoms with Crippen LogP contribution in [0.4, 0.5) is 0 Å². The van der Waals surface area contributed by atoms with Crippen LogP contribution in [-0.2, 0) is 13.1 Å². The van der Waals surface area contributed by atoms with Crippen molar-refractivity contribution in [2.45, 2.75) is 13.1 Å². The molecule has 1 aromatic rings. The minimum absolute atomic E-state index is 0.940. The fourth-order valence-corrected chi connectivity index (χ4v) is 2.40. The molecule has 5 N–H and O–H groups in total. The molecule has 0 aromatic heterocycles. The Morgan fingerprint density at radius 1 is 0.524 bits per heavy atom. The molecule has 0 spiro atoms. The molecule has 0 fully saturated rings. The van der Waals surface area contributed by atoms with E-state index >= 15 is 0 Å². The molecule has 2 bridgehead atoms. The molecule has 0 unspecified atom stereocenters. The first-order chi connectivity index (χ1) is 10.4. The molecule has 0 amide bonds. The van der Waals surface area contributed by atoms with Gasteiger partial charge in [-0.25, -0.2) is 0 Å². The maximum Gasteiger partial charge on any atom is 0.0206 e. The zero-order valence-corrected chi connectivity index (χ0v) is 12.9. The summed E-state index contributed by atoms with van der Waals surface area (Å²) in [6, 6.07) is 8.81. The number of fused-ring (bicyclic) bond motifs is 2. The van der Waals surface area contributed by atoms with Crippen molar-refractivity contribution in [3.8, 4) is 0 Å². The van der Waals surface area contributed by atoms with Gasteiger partial charge in [0.15, 0.2) is 0 Å². The molecule has 21 heavy (non-hydrogen) atoms. The van der Waals surface area contributed by atoms with Crippen LogP contribution in [0.1, 0.15) is 11.1 Å². The van der Waals surface area contributed by atoms with Gasteiger partial charge in [-0.15, -0.1) is 0 Å². The van der Waals surface area contributed by atoms with Gasteiger partial charge in [0, 0.05) is 65.4 Å². The van der Waals surface area contributed by atoms with Crippen LogP contribution < -0.4 is 26.6 Å². The molecule has 5 heteroatoms. The first-order valence-electron chi connectivity index (χ1n) is 8.06. The highest BCUT2D eigenvalue weighted by molar-refractivity contribution is 5.23. The van der Waals surface area contributed by atoms with Crippen LogP contribution in [0.3, 0.4) is 0 Å². The maximum atomic E-state index is 3.48. The summed E-state index contributed by atoms with van der Waals surface area (Å²) in [7, 11) is 0. The largest absolute Gasteiger partial charge is 0.314 e. The fourth-order valence-electron chi connectivity index (χ4n) is 2.40. The summed E-state index contributed by atoms with van der Waals surface area (Å²) >= 11 is 0. The van der Waals surface area contributed by atoms with Gasteiger partial charge in [-0.05, 0) is 11.1 Å². The van der Waals surface area contributed by atoms with Crippen LogP contribution in [0.2, 0.25) is 0 Å². The SMILES string of the molecule is c1cc2cc(c1)CNCCNCCNCCNCCNC2. The van der Waals surface area contributed by atoms with Gasteiger partial charge in [-0.1, -0.05) is 24.3 Å². The molecule has 1 aromatic carbocycles. The topological polar surface area (TPSA) is 60.1 Å². The minimum atomic E-state index is 0.940. The van der Waals surface area contributed by atoms with E-state index in [1.54, 1.807) is 0 Å². The molecule has 1 heterocycles. The van der Waals surface area contributed by atoms with Crippen molar-refractivity contribution in [2.75, 3.05) is 52.4 Å². The Labute approximate surface area is 128 Å². The number of benzene rings is 1. The van der Waals surface area contributed by atoms with Gasteiger partial charge in [0.1, 0.15) is 0 Å². The van der Waals surface area contributed by atoms with Crippen molar-refractivity contribution in [1.29, 1.82) is 0 Å². The van der Waals surface area contributed by atoms with Crippen LogP contribution in [0.5, 0.6) is 0 Å². The summed E-state index contributed by atoms with van der Waals surface area (Å²) < 4.78 is 0. The number of hydrogen-bond acceptors (Lipinski definition) is 5. The molecule has 2 rings (SSSR count). The Hall–Kier alpha value is -0.980. The summed E-state index contributed by atoms with van der Waals surface area (Å²) in [5.74, 6) is 0. The van der Waals surface area contributed by atoms with E-state index in [4.69, 9.17) is 0 Å². The third-order valence-electron chi connectivity index (χ3n) is 3.56. The third-order valence-corrected chi connectivity index (χ3v) is 3.56. The van der Waals surface area contributed by atoms with E-state index in [2.05, 4.69) is 50.8 Å². The predicted octanol–water partition coefficient (Wildman–Crippen LogP) is -0.352. The van der Waals surface area contributed by atoms with Crippen molar-refractivity contribution in [3.63, 3.8) is 0 Å². The summed E-state index contributed by atoms with van der Waals surface area (Å²) in [5.41, 5.74) is 2.71. The van der Waals surface area contributed by atoms with E-state index in [1.807, 2.05) is 0 Å². The van der Waals surface area contributed by atoms with Crippen molar-refractivity contribution in [3.05, 3.63) is 35.4 Å². The van der Waals surface area contributed by atoms with Crippen molar-refractivity contribution in [2.24, 2.45) is 0 Å². The highest BCUT2D eigenvalue weighted by Gasteiger charge is 1.97. The Morgan fingerprint density at radius 2 is 0.905 bits per heavy atom. The zero-order valence-electron chi connectivity index (χ0n) is 12.9. The fraction of sp³-hybridized carbons (Fsp3) is 0.625. The van der Waals surface area contributed by atoms with Crippen molar-refractivity contribution < 1.29 is 0 Å². The monoisotopic (exact) mass is 291 g/mol. The van der Waals surface area contributed by atoms with Gasteiger partial charge < -0.3 is 26.6 Å². The van der Waals surface area contributed by atoms with E-state index < -0.39 is 0 Å². The molecule has 0 aliphatic carbocycles. The number of nitrogens with one attached hydrogen (secondary N) is 5. The quantitative estimate of drug-likeness (QED) is 0.452. The highest BCUT2D eigenvalue weighted by Crippen LogP contribution is 2.04. The minimum Gasteiger partial charge on any atom is -0.314 e. The maximum absolute atomic E-state index is 3.48. The van der Waals surface area contributed by atoms with Gasteiger partial charge in [0.05, 0.1) is 0 Å². The lowest BCUT2D eigenvalue weighted by atomic mass is 10.1. The van der Waals surface area contributed by atoms with Gasteiger partial charge in [0.25, 0.3) is 0 Å². The second-order valence-corrected chi connectivity index (χ2v) is 5.42. The summed E-state index contributed by atoms with van der Waals surface area (Å²) in [6.07, 6.45) is 0. The molecular weight excluding hydrogens is 262 g/mol. The second kappa shape index (κ2) is 10.7. The number of hydrogen-bond donors (Lipinski definition) is 5. The van der Waals surface area contributed by atoms with Gasteiger partial charge in [0.2, 0.25) is 0 Å². The lowest BCUT2D eigenvalue weighted by molar-refractivity contribution is 0.555. The average Bonchev–Trinajstić information content (AvgIpc) is 2.51. The van der Waals surface area contributed by atoms with Gasteiger partial charge in [-0.2, -0.15) is 0 Å². The highest BCUT2D eigenvalue weighted by atomic mass is 15.0. The molecule has 0 saturated heterocycles. The third kappa shape index (κ3) is 7.55. The molecule has 0 saturated carbocycles. The molecule has 1 aliphatic heterocycles. The molecule has 1 aliphatic rings. The normalized spacial score (nSPS) is 20.4. The van der Waals surface area contributed by atoms with Crippen LogP contribution in [0, 0.1) is 0 Å². The lowest BCUT2D eigenvalue weighted by Crippen LogP contribution is -2.36. The van der Waals surface area contributed by atoms with E-state index in [1.165, 1.54) is 11.1 Å². The Morgan fingerprint density at radius 3 is 1.33 bits per heavy atom. The number of rotatable bonds is 0. The Kier molecular flexibility index (Phi) is 8.36. The second-order valence-electron chi connectivity index (χ2n) is 5.42. The van der Waals surface area contributed by atoms with Crippen LogP contribution >= 0.6 is 0 Å². The molecular formula is C16H29N5. The predicted molar refractivity (Wildman–Crippen MR) is 88.5 cm³/mol. The summed E-state index contributed by atoms with van der Waals surface area (Å²) in [4.78, 5) is 0. The Balaban J connectivity index is 1.78. The van der Waals surface area contributed by atoms with Crippen LogP contribution in [0.25, 0.3) is 0 Å². The van der Waals surface area contributed by atoms with Gasteiger partial charge >= 0.3 is 0 Å². The van der Waals surface area contributed by atoms with E-state index in [9.17, 15) is 0 Å². The van der Waals surface area contributed by atoms with Crippen molar-refractivity contribution in [1.82, 2.24) is 26.6 Å². The average molecular weight is 291 g/mol. The molecule has 0 radical (unpaired) electrons. The van der Waals surface area contributed by atoms with Gasteiger partial charge in [-0.3, -0.25) is 0 Å². The summed E-state index contributed by atoms with van der Waals surface area (Å²) in [5, 5.41) is 17.3. The summed E-state index contributed by atoms with van der Waals surface area (Å²) in [6.45, 7) is 10.0. The molecule has 118 valence electrons.